The monoisotopic (exact) mass is 245 g/mol. The second-order valence-electron chi connectivity index (χ2n) is 5.99. The van der Waals surface area contributed by atoms with Crippen molar-refractivity contribution in [2.75, 3.05) is 0 Å². The molecule has 0 N–H and O–H groups in total. The van der Waals surface area contributed by atoms with Crippen LogP contribution < -0.4 is 0 Å². The van der Waals surface area contributed by atoms with Gasteiger partial charge in [0.05, 0.1) is 12.5 Å². The first kappa shape index (κ1) is 12.5. The first-order chi connectivity index (χ1) is 7.79. The third-order valence-corrected chi connectivity index (χ3v) is 5.95. The number of nitriles is 1. The molecule has 0 saturated heterocycles. The molecule has 1 aromatic rings. The van der Waals surface area contributed by atoms with Crippen LogP contribution in [0.2, 0.25) is 0 Å². The minimum atomic E-state index is -0.321. The maximum atomic E-state index is 9.14. The lowest BCUT2D eigenvalue weighted by Gasteiger charge is -2.45. The van der Waals surface area contributed by atoms with Crippen molar-refractivity contribution in [1.82, 2.24) is 0 Å². The molecule has 2 rings (SSSR count). The van der Waals surface area contributed by atoms with Crippen molar-refractivity contribution < 1.29 is 0 Å². The molecule has 1 nitrogen and oxygen atoms in total. The van der Waals surface area contributed by atoms with Gasteiger partial charge in [0.25, 0.3) is 0 Å². The zero-order valence-corrected chi connectivity index (χ0v) is 11.8. The Bertz CT molecular complexity index is 459. The number of hydrogen-bond acceptors (Lipinski definition) is 2. The molecule has 0 spiro atoms. The molecule has 90 valence electrons. The molecule has 17 heavy (non-hydrogen) atoms. The minimum absolute atomic E-state index is 0.0913. The van der Waals surface area contributed by atoms with Crippen molar-refractivity contribution in [3.63, 3.8) is 0 Å². The smallest absolute Gasteiger partial charge is 0.0636 e. The summed E-state index contributed by atoms with van der Waals surface area (Å²) in [5, 5.41) is 9.14. The fourth-order valence-electron chi connectivity index (χ4n) is 3.36. The number of thiol groups is 1. The molecule has 0 unspecified atom stereocenters. The minimum Gasteiger partial charge on any atom is -0.198 e. The van der Waals surface area contributed by atoms with Crippen LogP contribution in [-0.2, 0) is 10.8 Å². The first-order valence-electron chi connectivity index (χ1n) is 5.98. The van der Waals surface area contributed by atoms with Crippen LogP contribution in [0.25, 0.3) is 0 Å². The molecule has 1 aliphatic carbocycles. The van der Waals surface area contributed by atoms with E-state index in [0.29, 0.717) is 6.42 Å². The zero-order valence-electron chi connectivity index (χ0n) is 10.9. The molecule has 0 fully saturated rings. The van der Waals surface area contributed by atoms with Crippen molar-refractivity contribution in [3.8, 4) is 6.07 Å². The maximum absolute atomic E-state index is 9.14. The molecular formula is C15H19NS. The third kappa shape index (κ3) is 1.32. The van der Waals surface area contributed by atoms with Gasteiger partial charge in [0.1, 0.15) is 0 Å². The van der Waals surface area contributed by atoms with Gasteiger partial charge < -0.3 is 0 Å². The molecular weight excluding hydrogens is 226 g/mol. The Morgan fingerprint density at radius 3 is 1.82 bits per heavy atom. The average Bonchev–Trinajstić information content (AvgIpc) is 2.38. The van der Waals surface area contributed by atoms with Gasteiger partial charge in [-0.05, 0) is 11.1 Å². The van der Waals surface area contributed by atoms with Gasteiger partial charge in [0.15, 0.2) is 0 Å². The number of fused-ring (bicyclic) bond motifs is 1. The summed E-state index contributed by atoms with van der Waals surface area (Å²) in [7, 11) is 0. The van der Waals surface area contributed by atoms with Crippen LogP contribution in [0.4, 0.5) is 0 Å². The number of nitrogens with zero attached hydrogens (tertiary/aromatic N) is 1. The Kier molecular flexibility index (Phi) is 2.60. The summed E-state index contributed by atoms with van der Waals surface area (Å²) in [6, 6.07) is 10.8. The van der Waals surface area contributed by atoms with E-state index in [0.717, 1.165) is 0 Å². The Hall–Kier alpha value is -0.940. The highest BCUT2D eigenvalue weighted by Gasteiger charge is 2.60. The highest BCUT2D eigenvalue weighted by atomic mass is 32.1. The van der Waals surface area contributed by atoms with Crippen LogP contribution >= 0.6 is 12.6 Å². The van der Waals surface area contributed by atoms with E-state index in [-0.39, 0.29) is 15.6 Å². The van der Waals surface area contributed by atoms with Gasteiger partial charge in [-0.3, -0.25) is 0 Å². The van der Waals surface area contributed by atoms with Crippen LogP contribution in [0, 0.1) is 11.3 Å². The van der Waals surface area contributed by atoms with Crippen LogP contribution in [0.15, 0.2) is 24.3 Å². The van der Waals surface area contributed by atoms with Gasteiger partial charge >= 0.3 is 0 Å². The molecule has 0 saturated carbocycles. The van der Waals surface area contributed by atoms with E-state index in [2.05, 4.69) is 58.0 Å². The molecule has 0 amide bonds. The van der Waals surface area contributed by atoms with Gasteiger partial charge in [0, 0.05) is 15.6 Å². The van der Waals surface area contributed by atoms with Gasteiger partial charge in [0.2, 0.25) is 0 Å². The second kappa shape index (κ2) is 3.53. The lowest BCUT2D eigenvalue weighted by Crippen LogP contribution is -2.49. The first-order valence-corrected chi connectivity index (χ1v) is 6.43. The highest BCUT2D eigenvalue weighted by Crippen LogP contribution is 2.60. The summed E-state index contributed by atoms with van der Waals surface area (Å²) in [5.41, 5.74) is 2.48. The van der Waals surface area contributed by atoms with E-state index >= 15 is 0 Å². The standard InChI is InChI=1S/C15H19NS/c1-13(2)11-7-5-6-8-12(11)14(3,4)15(13,17)9-10-16/h5-8,17H,9H2,1-4H3. The van der Waals surface area contributed by atoms with Crippen molar-refractivity contribution in [2.45, 2.75) is 49.7 Å². The lowest BCUT2D eigenvalue weighted by atomic mass is 9.67. The molecule has 0 atom stereocenters. The summed E-state index contributed by atoms with van der Waals surface area (Å²) in [4.78, 5) is 0. The van der Waals surface area contributed by atoms with Crippen LogP contribution in [0.3, 0.4) is 0 Å². The third-order valence-electron chi connectivity index (χ3n) is 4.68. The van der Waals surface area contributed by atoms with E-state index < -0.39 is 0 Å². The zero-order chi connectivity index (χ0) is 12.9. The van der Waals surface area contributed by atoms with E-state index in [9.17, 15) is 0 Å². The van der Waals surface area contributed by atoms with Crippen LogP contribution in [0.1, 0.15) is 45.2 Å². The molecule has 2 heteroatoms. The summed E-state index contributed by atoms with van der Waals surface area (Å²) in [5.74, 6) is 0. The van der Waals surface area contributed by atoms with E-state index in [1.807, 2.05) is 0 Å². The molecule has 0 radical (unpaired) electrons. The van der Waals surface area contributed by atoms with Crippen LogP contribution in [0.5, 0.6) is 0 Å². The molecule has 0 bridgehead atoms. The fraction of sp³-hybridized carbons (Fsp3) is 0.533. The SMILES string of the molecule is CC1(C)c2ccccc2C(C)(C)C1(S)CC#N. The fourth-order valence-corrected chi connectivity index (χ4v) is 3.67. The molecule has 1 aromatic carbocycles. The average molecular weight is 245 g/mol. The van der Waals surface area contributed by atoms with E-state index in [4.69, 9.17) is 17.9 Å². The topological polar surface area (TPSA) is 23.8 Å². The quantitative estimate of drug-likeness (QED) is 0.747. The highest BCUT2D eigenvalue weighted by molar-refractivity contribution is 7.82. The predicted molar refractivity (Wildman–Crippen MR) is 74.4 cm³/mol. The number of hydrogen-bond donors (Lipinski definition) is 1. The predicted octanol–water partition coefficient (Wildman–Crippen LogP) is 3.84. The molecule has 0 heterocycles. The van der Waals surface area contributed by atoms with Gasteiger partial charge in [-0.1, -0.05) is 52.0 Å². The maximum Gasteiger partial charge on any atom is 0.0636 e. The lowest BCUT2D eigenvalue weighted by molar-refractivity contribution is 0.290. The summed E-state index contributed by atoms with van der Waals surface area (Å²) in [6.07, 6.45) is 0.463. The van der Waals surface area contributed by atoms with Gasteiger partial charge in [-0.25, -0.2) is 0 Å². The Labute approximate surface area is 109 Å². The van der Waals surface area contributed by atoms with Crippen molar-refractivity contribution >= 4 is 12.6 Å². The summed E-state index contributed by atoms with van der Waals surface area (Å²) >= 11 is 4.94. The van der Waals surface area contributed by atoms with Crippen molar-refractivity contribution in [1.29, 1.82) is 5.26 Å². The summed E-state index contributed by atoms with van der Waals surface area (Å²) in [6.45, 7) is 8.80. The summed E-state index contributed by atoms with van der Waals surface area (Å²) < 4.78 is -0.321. The Balaban J connectivity index is 2.74. The molecule has 1 aliphatic rings. The number of rotatable bonds is 1. The van der Waals surface area contributed by atoms with Crippen molar-refractivity contribution in [3.05, 3.63) is 35.4 Å². The van der Waals surface area contributed by atoms with Gasteiger partial charge in [-0.15, -0.1) is 0 Å². The van der Waals surface area contributed by atoms with E-state index in [1.165, 1.54) is 11.1 Å². The number of benzene rings is 1. The van der Waals surface area contributed by atoms with E-state index in [1.54, 1.807) is 0 Å². The Morgan fingerprint density at radius 2 is 1.47 bits per heavy atom. The normalized spacial score (nSPS) is 22.8. The largest absolute Gasteiger partial charge is 0.198 e. The Morgan fingerprint density at radius 1 is 1.06 bits per heavy atom. The van der Waals surface area contributed by atoms with Gasteiger partial charge in [-0.2, -0.15) is 17.9 Å². The van der Waals surface area contributed by atoms with Crippen molar-refractivity contribution in [2.24, 2.45) is 0 Å². The second-order valence-corrected chi connectivity index (χ2v) is 6.75. The molecule has 0 aliphatic heterocycles. The van der Waals surface area contributed by atoms with Crippen LogP contribution in [-0.4, -0.2) is 4.75 Å². The molecule has 0 aromatic heterocycles.